The van der Waals surface area contributed by atoms with Gasteiger partial charge in [0.05, 0.1) is 5.69 Å². The number of hydrogen-bond donors (Lipinski definition) is 0. The van der Waals surface area contributed by atoms with E-state index < -0.39 is 0 Å². The number of nitriles is 1. The lowest BCUT2D eigenvalue weighted by Gasteiger charge is -2.11. The third-order valence-corrected chi connectivity index (χ3v) is 2.93. The molecule has 17 heavy (non-hydrogen) atoms. The lowest BCUT2D eigenvalue weighted by Crippen LogP contribution is -1.97. The summed E-state index contributed by atoms with van der Waals surface area (Å²) in [6.07, 6.45) is 0. The predicted molar refractivity (Wildman–Crippen MR) is 67.6 cm³/mol. The Hall–Kier alpha value is -2.08. The second kappa shape index (κ2) is 4.06. The Bertz CT molecular complexity index is 592. The Morgan fingerprint density at radius 2 is 1.71 bits per heavy atom. The molecule has 1 heterocycles. The number of nitrogens with zero attached hydrogens (tertiary/aromatic N) is 3. The molecule has 0 saturated heterocycles. The van der Waals surface area contributed by atoms with Crippen molar-refractivity contribution >= 4 is 0 Å². The number of aryl methyl sites for hydroxylation is 4. The van der Waals surface area contributed by atoms with Gasteiger partial charge >= 0.3 is 0 Å². The Labute approximate surface area is 101 Å². The zero-order valence-electron chi connectivity index (χ0n) is 10.6. The average Bonchev–Trinajstić information content (AvgIpc) is 2.59. The summed E-state index contributed by atoms with van der Waals surface area (Å²) in [5.41, 5.74) is 6.32. The Kier molecular flexibility index (Phi) is 2.72. The maximum atomic E-state index is 8.88. The van der Waals surface area contributed by atoms with E-state index in [1.165, 1.54) is 22.3 Å². The Balaban J connectivity index is 2.69. The third-order valence-electron chi connectivity index (χ3n) is 2.93. The second-order valence-corrected chi connectivity index (χ2v) is 4.42. The highest BCUT2D eigenvalue weighted by Crippen LogP contribution is 2.28. The SMILES string of the molecule is Cc1cc(C)c(-c2cc(C#N)nn2C)c(C)c1. The van der Waals surface area contributed by atoms with Crippen molar-refractivity contribution in [2.24, 2.45) is 7.05 Å². The minimum atomic E-state index is 0.460. The van der Waals surface area contributed by atoms with Crippen molar-refractivity contribution in [3.8, 4) is 17.3 Å². The van der Waals surface area contributed by atoms with Gasteiger partial charge in [0.25, 0.3) is 0 Å². The molecule has 1 aromatic heterocycles. The van der Waals surface area contributed by atoms with Gasteiger partial charge in [-0.2, -0.15) is 10.4 Å². The van der Waals surface area contributed by atoms with Crippen LogP contribution in [0.3, 0.4) is 0 Å². The van der Waals surface area contributed by atoms with Crippen LogP contribution in [0.1, 0.15) is 22.4 Å². The summed E-state index contributed by atoms with van der Waals surface area (Å²) in [5.74, 6) is 0. The molecule has 0 fully saturated rings. The van der Waals surface area contributed by atoms with Crippen LogP contribution in [0, 0.1) is 32.1 Å². The van der Waals surface area contributed by atoms with E-state index in [2.05, 4.69) is 44.1 Å². The fraction of sp³-hybridized carbons (Fsp3) is 0.286. The molecule has 1 aromatic carbocycles. The van der Waals surface area contributed by atoms with Crippen molar-refractivity contribution in [1.82, 2.24) is 9.78 Å². The van der Waals surface area contributed by atoms with Crippen molar-refractivity contribution in [1.29, 1.82) is 5.26 Å². The van der Waals surface area contributed by atoms with Crippen LogP contribution < -0.4 is 0 Å². The number of benzene rings is 1. The lowest BCUT2D eigenvalue weighted by atomic mass is 9.97. The smallest absolute Gasteiger partial charge is 0.163 e. The van der Waals surface area contributed by atoms with Gasteiger partial charge in [-0.3, -0.25) is 4.68 Å². The van der Waals surface area contributed by atoms with Crippen molar-refractivity contribution in [3.05, 3.63) is 40.6 Å². The first-order valence-electron chi connectivity index (χ1n) is 5.55. The quantitative estimate of drug-likeness (QED) is 0.748. The summed E-state index contributed by atoms with van der Waals surface area (Å²) in [5, 5.41) is 13.0. The van der Waals surface area contributed by atoms with Gasteiger partial charge in [-0.1, -0.05) is 17.7 Å². The maximum absolute atomic E-state index is 8.88. The van der Waals surface area contributed by atoms with Gasteiger partial charge in [0, 0.05) is 18.7 Å². The molecule has 0 aliphatic rings. The lowest BCUT2D eigenvalue weighted by molar-refractivity contribution is 0.770. The molecule has 3 nitrogen and oxygen atoms in total. The molecule has 0 spiro atoms. The summed E-state index contributed by atoms with van der Waals surface area (Å²) in [6.45, 7) is 6.27. The van der Waals surface area contributed by atoms with E-state index in [-0.39, 0.29) is 0 Å². The summed E-state index contributed by atoms with van der Waals surface area (Å²) >= 11 is 0. The molecule has 0 aliphatic heterocycles. The normalized spacial score (nSPS) is 10.3. The van der Waals surface area contributed by atoms with Crippen molar-refractivity contribution in [2.45, 2.75) is 20.8 Å². The van der Waals surface area contributed by atoms with E-state index in [1.54, 1.807) is 4.68 Å². The monoisotopic (exact) mass is 225 g/mol. The van der Waals surface area contributed by atoms with Gasteiger partial charge in [0.15, 0.2) is 5.69 Å². The van der Waals surface area contributed by atoms with Crippen LogP contribution >= 0.6 is 0 Å². The summed E-state index contributed by atoms with van der Waals surface area (Å²) in [7, 11) is 1.87. The first kappa shape index (κ1) is 11.4. The maximum Gasteiger partial charge on any atom is 0.163 e. The number of hydrogen-bond acceptors (Lipinski definition) is 2. The number of rotatable bonds is 1. The van der Waals surface area contributed by atoms with Crippen LogP contribution in [0.15, 0.2) is 18.2 Å². The fourth-order valence-corrected chi connectivity index (χ4v) is 2.34. The van der Waals surface area contributed by atoms with Crippen LogP contribution in [0.5, 0.6) is 0 Å². The topological polar surface area (TPSA) is 41.6 Å². The second-order valence-electron chi connectivity index (χ2n) is 4.42. The standard InChI is InChI=1S/C14H15N3/c1-9-5-10(2)14(11(3)6-9)13-7-12(8-15)16-17(13)4/h5-7H,1-4H3. The molecule has 0 atom stereocenters. The molecule has 0 N–H and O–H groups in total. The van der Waals surface area contributed by atoms with Crippen molar-refractivity contribution < 1.29 is 0 Å². The summed E-state index contributed by atoms with van der Waals surface area (Å²) in [4.78, 5) is 0. The van der Waals surface area contributed by atoms with E-state index >= 15 is 0 Å². The minimum Gasteiger partial charge on any atom is -0.267 e. The molecule has 0 radical (unpaired) electrons. The van der Waals surface area contributed by atoms with E-state index in [0.717, 1.165) is 5.69 Å². The van der Waals surface area contributed by atoms with E-state index in [4.69, 9.17) is 5.26 Å². The van der Waals surface area contributed by atoms with Gasteiger partial charge in [-0.05, 0) is 31.9 Å². The molecule has 3 heteroatoms. The first-order valence-corrected chi connectivity index (χ1v) is 5.55. The zero-order valence-corrected chi connectivity index (χ0v) is 10.6. The number of aromatic nitrogens is 2. The van der Waals surface area contributed by atoms with Gasteiger partial charge in [0.2, 0.25) is 0 Å². The largest absolute Gasteiger partial charge is 0.267 e. The molecule has 0 amide bonds. The molecule has 0 bridgehead atoms. The Morgan fingerprint density at radius 3 is 2.18 bits per heavy atom. The van der Waals surface area contributed by atoms with Crippen LogP contribution in [0.25, 0.3) is 11.3 Å². The van der Waals surface area contributed by atoms with Gasteiger partial charge in [-0.25, -0.2) is 0 Å². The van der Waals surface area contributed by atoms with Crippen LogP contribution in [0.2, 0.25) is 0 Å². The van der Waals surface area contributed by atoms with Crippen LogP contribution in [0.4, 0.5) is 0 Å². The minimum absolute atomic E-state index is 0.460. The molecule has 0 unspecified atom stereocenters. The fourth-order valence-electron chi connectivity index (χ4n) is 2.34. The molecule has 0 saturated carbocycles. The van der Waals surface area contributed by atoms with E-state index in [0.29, 0.717) is 5.69 Å². The zero-order chi connectivity index (χ0) is 12.6. The van der Waals surface area contributed by atoms with Crippen molar-refractivity contribution in [2.75, 3.05) is 0 Å². The average molecular weight is 225 g/mol. The van der Waals surface area contributed by atoms with Gasteiger partial charge < -0.3 is 0 Å². The Morgan fingerprint density at radius 1 is 1.12 bits per heavy atom. The molecule has 86 valence electrons. The third kappa shape index (κ3) is 1.94. The highest BCUT2D eigenvalue weighted by Gasteiger charge is 2.12. The predicted octanol–water partition coefficient (Wildman–Crippen LogP) is 2.88. The summed E-state index contributed by atoms with van der Waals surface area (Å²) in [6, 6.07) is 8.22. The summed E-state index contributed by atoms with van der Waals surface area (Å²) < 4.78 is 1.77. The van der Waals surface area contributed by atoms with Gasteiger partial charge in [0.1, 0.15) is 6.07 Å². The van der Waals surface area contributed by atoms with Crippen LogP contribution in [-0.2, 0) is 7.05 Å². The molecular weight excluding hydrogens is 210 g/mol. The molecule has 2 rings (SSSR count). The molecular formula is C14H15N3. The van der Waals surface area contributed by atoms with Crippen LogP contribution in [-0.4, -0.2) is 9.78 Å². The van der Waals surface area contributed by atoms with E-state index in [9.17, 15) is 0 Å². The highest BCUT2D eigenvalue weighted by atomic mass is 15.3. The molecule has 2 aromatic rings. The van der Waals surface area contributed by atoms with Crippen molar-refractivity contribution in [3.63, 3.8) is 0 Å². The van der Waals surface area contributed by atoms with Gasteiger partial charge in [-0.15, -0.1) is 0 Å². The van der Waals surface area contributed by atoms with E-state index in [1.807, 2.05) is 13.1 Å². The molecule has 0 aliphatic carbocycles. The first-order chi connectivity index (χ1) is 8.02. The highest BCUT2D eigenvalue weighted by molar-refractivity contribution is 5.69.